The molecule has 7 heteroatoms. The van der Waals surface area contributed by atoms with Crippen molar-refractivity contribution in [1.29, 1.82) is 0 Å². The van der Waals surface area contributed by atoms with Crippen molar-refractivity contribution in [3.8, 4) is 0 Å². The van der Waals surface area contributed by atoms with Crippen molar-refractivity contribution in [3.05, 3.63) is 0 Å². The van der Waals surface area contributed by atoms with Crippen LogP contribution in [0.3, 0.4) is 0 Å². The van der Waals surface area contributed by atoms with E-state index in [0.29, 0.717) is 0 Å². The SMILES string of the molecule is O=C(O)F.O=C(O)F.[H-].[Li+]. The van der Waals surface area contributed by atoms with Gasteiger partial charge in [-0.1, -0.05) is 0 Å². The van der Waals surface area contributed by atoms with Gasteiger partial charge in [0, 0.05) is 0 Å². The zero-order chi connectivity index (χ0) is 7.15. The van der Waals surface area contributed by atoms with Gasteiger partial charge in [0.2, 0.25) is 0 Å². The first-order chi connectivity index (χ1) is 3.46. The van der Waals surface area contributed by atoms with Crippen LogP contribution in [0.4, 0.5) is 18.4 Å². The Balaban J connectivity index is -0.0000000300. The second-order valence-electron chi connectivity index (χ2n) is 0.506. The molecule has 50 valence electrons. The van der Waals surface area contributed by atoms with E-state index in [4.69, 9.17) is 19.8 Å². The van der Waals surface area contributed by atoms with E-state index in [1.807, 2.05) is 0 Å². The van der Waals surface area contributed by atoms with Crippen molar-refractivity contribution < 1.29 is 48.9 Å². The fourth-order valence-corrected chi connectivity index (χ4v) is 0. The molecule has 9 heavy (non-hydrogen) atoms. The maximum atomic E-state index is 9.92. The van der Waals surface area contributed by atoms with Gasteiger partial charge in [-0.25, -0.2) is 9.59 Å². The Labute approximate surface area is 62.1 Å². The van der Waals surface area contributed by atoms with Crippen LogP contribution < -0.4 is 18.9 Å². The quantitative estimate of drug-likeness (QED) is 0.310. The number of carbonyl (C=O) groups is 2. The summed E-state index contributed by atoms with van der Waals surface area (Å²) >= 11 is 0. The van der Waals surface area contributed by atoms with Gasteiger partial charge < -0.3 is 11.6 Å². The number of rotatable bonds is 0. The van der Waals surface area contributed by atoms with E-state index in [0.717, 1.165) is 0 Å². The molecule has 0 saturated carbocycles. The van der Waals surface area contributed by atoms with Crippen LogP contribution in [-0.4, -0.2) is 22.7 Å². The molecule has 0 aromatic carbocycles. The molecule has 0 unspecified atom stereocenters. The Morgan fingerprint density at radius 3 is 1.11 bits per heavy atom. The van der Waals surface area contributed by atoms with E-state index in [1.54, 1.807) is 0 Å². The predicted octanol–water partition coefficient (Wildman–Crippen LogP) is -1.62. The third kappa shape index (κ3) is 593. The molecule has 0 aliphatic carbocycles. The normalized spacial score (nSPS) is 5.56. The Hall–Kier alpha value is -0.603. The molecule has 0 atom stereocenters. The first kappa shape index (κ1) is 15.8. The van der Waals surface area contributed by atoms with Crippen molar-refractivity contribution in [2.45, 2.75) is 0 Å². The van der Waals surface area contributed by atoms with Crippen LogP contribution >= 0.6 is 0 Å². The molecule has 0 bridgehead atoms. The number of hydrogen-bond acceptors (Lipinski definition) is 2. The largest absolute Gasteiger partial charge is 1.00 e. The van der Waals surface area contributed by atoms with Crippen molar-refractivity contribution in [1.82, 2.24) is 0 Å². The molecule has 0 heterocycles. The molecular weight excluding hydrogens is 133 g/mol. The molecule has 0 radical (unpaired) electrons. The number of halogens is 2. The van der Waals surface area contributed by atoms with Gasteiger partial charge in [0.25, 0.3) is 0 Å². The zero-order valence-corrected chi connectivity index (χ0v) is 4.47. The molecular formula is C2H3F2LiO4. The summed E-state index contributed by atoms with van der Waals surface area (Å²) in [6.45, 7) is 0. The van der Waals surface area contributed by atoms with E-state index in [2.05, 4.69) is 0 Å². The van der Waals surface area contributed by atoms with Crippen LogP contribution in [0.15, 0.2) is 0 Å². The minimum absolute atomic E-state index is 0. The Kier molecular flexibility index (Phi) is 18.2. The maximum absolute atomic E-state index is 9.92. The molecule has 0 fully saturated rings. The fourth-order valence-electron chi connectivity index (χ4n) is 0. The summed E-state index contributed by atoms with van der Waals surface area (Å²) in [6, 6.07) is 0. The summed E-state index contributed by atoms with van der Waals surface area (Å²) in [5.41, 5.74) is 0. The Morgan fingerprint density at radius 2 is 1.11 bits per heavy atom. The number of hydrogen-bond donors (Lipinski definition) is 2. The smallest absolute Gasteiger partial charge is 1.00 e. The topological polar surface area (TPSA) is 74.6 Å². The zero-order valence-electron chi connectivity index (χ0n) is 5.47. The average molecular weight is 136 g/mol. The van der Waals surface area contributed by atoms with Gasteiger partial charge in [-0.3, -0.25) is 0 Å². The van der Waals surface area contributed by atoms with Crippen molar-refractivity contribution in [3.63, 3.8) is 0 Å². The number of carboxylic acid groups (broad SMARTS) is 2. The van der Waals surface area contributed by atoms with Crippen LogP contribution in [0.2, 0.25) is 0 Å². The molecule has 0 aromatic heterocycles. The van der Waals surface area contributed by atoms with Gasteiger partial charge in [0.05, 0.1) is 0 Å². The minimum atomic E-state index is -2.33. The molecule has 0 aliphatic rings. The summed E-state index contributed by atoms with van der Waals surface area (Å²) in [4.78, 5) is 16.7. The third-order valence-corrected chi connectivity index (χ3v) is 0. The summed E-state index contributed by atoms with van der Waals surface area (Å²) in [5, 5.41) is 13.5. The second kappa shape index (κ2) is 10.4. The van der Waals surface area contributed by atoms with Crippen LogP contribution in [0.1, 0.15) is 1.43 Å². The van der Waals surface area contributed by atoms with Gasteiger partial charge in [-0.15, -0.1) is 8.78 Å². The molecule has 4 nitrogen and oxygen atoms in total. The molecule has 0 aromatic rings. The molecule has 0 saturated heterocycles. The first-order valence-corrected chi connectivity index (χ1v) is 1.23. The third-order valence-electron chi connectivity index (χ3n) is 0. The van der Waals surface area contributed by atoms with Crippen molar-refractivity contribution in [2.75, 3.05) is 0 Å². The maximum Gasteiger partial charge on any atom is 1.00 e. The molecule has 2 N–H and O–H groups in total. The summed E-state index contributed by atoms with van der Waals surface area (Å²) in [7, 11) is 0. The molecule has 0 spiro atoms. The standard InChI is InChI=1S/2CHFO2.Li.H/c2*2-1(3)4;;/h2*(H,3,4);;/q;;+1;-1. The van der Waals surface area contributed by atoms with E-state index >= 15 is 0 Å². The van der Waals surface area contributed by atoms with Crippen LogP contribution in [0, 0.1) is 0 Å². The van der Waals surface area contributed by atoms with Gasteiger partial charge in [-0.05, 0) is 0 Å². The van der Waals surface area contributed by atoms with Crippen LogP contribution in [-0.2, 0) is 0 Å². The average Bonchev–Trinajstić information content (AvgIpc) is 1.25. The van der Waals surface area contributed by atoms with Gasteiger partial charge in [0.15, 0.2) is 0 Å². The van der Waals surface area contributed by atoms with Crippen LogP contribution in [0.25, 0.3) is 0 Å². The van der Waals surface area contributed by atoms with Crippen molar-refractivity contribution in [2.24, 2.45) is 0 Å². The Morgan fingerprint density at radius 1 is 1.11 bits per heavy atom. The van der Waals surface area contributed by atoms with Gasteiger partial charge in [0.1, 0.15) is 0 Å². The van der Waals surface area contributed by atoms with Crippen molar-refractivity contribution >= 4 is 12.4 Å². The first-order valence-electron chi connectivity index (χ1n) is 1.23. The summed E-state index contributed by atoms with van der Waals surface area (Å²) < 4.78 is 19.8. The molecule has 0 aliphatic heterocycles. The van der Waals surface area contributed by atoms with Crippen LogP contribution in [0.5, 0.6) is 0 Å². The van der Waals surface area contributed by atoms with E-state index in [-0.39, 0.29) is 20.3 Å². The summed E-state index contributed by atoms with van der Waals surface area (Å²) in [6.07, 6.45) is -4.67. The molecule has 0 rings (SSSR count). The second-order valence-corrected chi connectivity index (χ2v) is 0.506. The van der Waals surface area contributed by atoms with E-state index in [1.165, 1.54) is 0 Å². The minimum Gasteiger partial charge on any atom is -1.00 e. The van der Waals surface area contributed by atoms with E-state index < -0.39 is 12.4 Å². The van der Waals surface area contributed by atoms with Gasteiger partial charge in [-0.2, -0.15) is 0 Å². The van der Waals surface area contributed by atoms with Gasteiger partial charge >= 0.3 is 31.3 Å². The fraction of sp³-hybridized carbons (Fsp3) is 0. The van der Waals surface area contributed by atoms with E-state index in [9.17, 15) is 8.78 Å². The molecule has 0 amide bonds. The summed E-state index contributed by atoms with van der Waals surface area (Å²) in [5.74, 6) is 0. The predicted molar refractivity (Wildman–Crippen MR) is 19.4 cm³/mol. The Bertz CT molecular complexity index is 79.3. The monoisotopic (exact) mass is 136 g/mol.